The Morgan fingerprint density at radius 2 is 2.05 bits per heavy atom. The monoisotopic (exact) mass is 329 g/mol. The molecule has 1 atom stereocenters. The summed E-state index contributed by atoms with van der Waals surface area (Å²) in [6.45, 7) is 6.37. The predicted octanol–water partition coefficient (Wildman–Crippen LogP) is 2.13. The number of hydrogen-bond donors (Lipinski definition) is 1. The van der Waals surface area contributed by atoms with Gasteiger partial charge in [0, 0.05) is 24.1 Å². The first-order valence-corrected chi connectivity index (χ1v) is 9.18. The number of carboxylic acids is 1. The third-order valence-corrected chi connectivity index (χ3v) is 6.82. The van der Waals surface area contributed by atoms with Crippen LogP contribution in [0.1, 0.15) is 28.4 Å². The van der Waals surface area contributed by atoms with E-state index in [1.165, 1.54) is 16.4 Å². The standard InChI is InChI=1S/C14H19NO4S2/c1-9-6-12(14(16)17)7-13(11(9)3)21(18,19)15-4-5-20-10(2)8-15/h6-7,10H,4-5,8H2,1-3H3,(H,16,17). The normalized spacial score (nSPS) is 20.4. The van der Waals surface area contributed by atoms with E-state index < -0.39 is 16.0 Å². The largest absolute Gasteiger partial charge is 0.478 e. The summed E-state index contributed by atoms with van der Waals surface area (Å²) in [4.78, 5) is 11.3. The van der Waals surface area contributed by atoms with Gasteiger partial charge < -0.3 is 5.11 Å². The first kappa shape index (κ1) is 16.3. The molecule has 21 heavy (non-hydrogen) atoms. The van der Waals surface area contributed by atoms with E-state index in [-0.39, 0.29) is 15.7 Å². The Morgan fingerprint density at radius 3 is 2.62 bits per heavy atom. The molecule has 0 bridgehead atoms. The molecule has 1 N–H and O–H groups in total. The lowest BCUT2D eigenvalue weighted by atomic mass is 10.1. The van der Waals surface area contributed by atoms with Crippen LogP contribution < -0.4 is 0 Å². The van der Waals surface area contributed by atoms with Crippen molar-refractivity contribution in [1.82, 2.24) is 4.31 Å². The minimum Gasteiger partial charge on any atom is -0.478 e. The molecule has 0 aromatic heterocycles. The van der Waals surface area contributed by atoms with Crippen molar-refractivity contribution in [1.29, 1.82) is 0 Å². The van der Waals surface area contributed by atoms with Gasteiger partial charge in [-0.25, -0.2) is 13.2 Å². The molecule has 0 radical (unpaired) electrons. The Balaban J connectivity index is 2.51. The van der Waals surface area contributed by atoms with Gasteiger partial charge in [-0.2, -0.15) is 16.1 Å². The van der Waals surface area contributed by atoms with Gasteiger partial charge in [0.25, 0.3) is 0 Å². The quantitative estimate of drug-likeness (QED) is 0.919. The summed E-state index contributed by atoms with van der Waals surface area (Å²) in [5, 5.41) is 9.38. The van der Waals surface area contributed by atoms with Crippen molar-refractivity contribution in [3.63, 3.8) is 0 Å². The zero-order valence-corrected chi connectivity index (χ0v) is 13.9. The highest BCUT2D eigenvalue weighted by Crippen LogP contribution is 2.28. The highest BCUT2D eigenvalue weighted by atomic mass is 32.2. The van der Waals surface area contributed by atoms with Crippen molar-refractivity contribution in [2.24, 2.45) is 0 Å². The van der Waals surface area contributed by atoms with Crippen molar-refractivity contribution < 1.29 is 18.3 Å². The summed E-state index contributed by atoms with van der Waals surface area (Å²) in [6.07, 6.45) is 0. The van der Waals surface area contributed by atoms with E-state index in [1.54, 1.807) is 25.6 Å². The molecule has 7 heteroatoms. The summed E-state index contributed by atoms with van der Waals surface area (Å²) in [6, 6.07) is 2.78. The van der Waals surface area contributed by atoms with Crippen molar-refractivity contribution in [2.45, 2.75) is 30.9 Å². The Morgan fingerprint density at radius 1 is 1.38 bits per heavy atom. The minimum absolute atomic E-state index is 0.0103. The van der Waals surface area contributed by atoms with Crippen molar-refractivity contribution in [3.05, 3.63) is 28.8 Å². The molecule has 1 fully saturated rings. The summed E-state index contributed by atoms with van der Waals surface area (Å²) < 4.78 is 27.1. The maximum atomic E-state index is 12.8. The predicted molar refractivity (Wildman–Crippen MR) is 83.6 cm³/mol. The van der Waals surface area contributed by atoms with Crippen LogP contribution in [0.25, 0.3) is 0 Å². The van der Waals surface area contributed by atoms with E-state index in [2.05, 4.69) is 0 Å². The number of benzene rings is 1. The number of rotatable bonds is 3. The molecule has 5 nitrogen and oxygen atoms in total. The fourth-order valence-electron chi connectivity index (χ4n) is 2.36. The molecule has 0 spiro atoms. The second-order valence-corrected chi connectivity index (χ2v) is 8.72. The molecule has 1 heterocycles. The smallest absolute Gasteiger partial charge is 0.335 e. The number of thioether (sulfide) groups is 1. The number of nitrogens with zero attached hydrogens (tertiary/aromatic N) is 1. The summed E-state index contributed by atoms with van der Waals surface area (Å²) >= 11 is 1.75. The van der Waals surface area contributed by atoms with Gasteiger partial charge in [0.1, 0.15) is 0 Å². The van der Waals surface area contributed by atoms with E-state index >= 15 is 0 Å². The van der Waals surface area contributed by atoms with Gasteiger partial charge in [-0.15, -0.1) is 0 Å². The van der Waals surface area contributed by atoms with Gasteiger partial charge >= 0.3 is 5.97 Å². The Hall–Kier alpha value is -1.05. The van der Waals surface area contributed by atoms with Crippen molar-refractivity contribution in [3.8, 4) is 0 Å². The van der Waals surface area contributed by atoms with Crippen LogP contribution >= 0.6 is 11.8 Å². The molecule has 1 aromatic rings. The number of aryl methyl sites for hydroxylation is 1. The Bertz CT molecular complexity index is 670. The van der Waals surface area contributed by atoms with Gasteiger partial charge in [0.05, 0.1) is 10.5 Å². The SMILES string of the molecule is Cc1cc(C(=O)O)cc(S(=O)(=O)N2CCSC(C)C2)c1C. The zero-order chi connectivity index (χ0) is 15.8. The summed E-state index contributed by atoms with van der Waals surface area (Å²) in [7, 11) is -3.65. The molecule has 0 saturated carbocycles. The molecule has 2 rings (SSSR count). The Kier molecular flexibility index (Phi) is 4.65. The molecular formula is C14H19NO4S2. The summed E-state index contributed by atoms with van der Waals surface area (Å²) in [5.41, 5.74) is 1.30. The zero-order valence-electron chi connectivity index (χ0n) is 12.3. The molecule has 1 aliphatic rings. The Labute approximate surface area is 129 Å². The van der Waals surface area contributed by atoms with Crippen LogP contribution in [-0.2, 0) is 10.0 Å². The maximum Gasteiger partial charge on any atom is 0.335 e. The lowest BCUT2D eigenvalue weighted by Gasteiger charge is -2.30. The second-order valence-electron chi connectivity index (χ2n) is 5.27. The molecule has 0 aliphatic carbocycles. The highest BCUT2D eigenvalue weighted by molar-refractivity contribution is 8.00. The van der Waals surface area contributed by atoms with Crippen molar-refractivity contribution >= 4 is 27.8 Å². The third-order valence-electron chi connectivity index (χ3n) is 3.69. The van der Waals surface area contributed by atoms with Crippen LogP contribution in [-0.4, -0.2) is 47.9 Å². The molecule has 116 valence electrons. The molecule has 1 aromatic carbocycles. The number of aromatic carboxylic acids is 1. The number of hydrogen-bond acceptors (Lipinski definition) is 4. The molecule has 1 saturated heterocycles. The first-order chi connectivity index (χ1) is 9.73. The van der Waals surface area contributed by atoms with Gasteiger partial charge in [-0.1, -0.05) is 6.92 Å². The van der Waals surface area contributed by atoms with E-state index in [1.807, 2.05) is 6.92 Å². The first-order valence-electron chi connectivity index (χ1n) is 6.69. The minimum atomic E-state index is -3.65. The van der Waals surface area contributed by atoms with Gasteiger partial charge in [0.15, 0.2) is 0 Å². The van der Waals surface area contributed by atoms with Crippen molar-refractivity contribution in [2.75, 3.05) is 18.8 Å². The van der Waals surface area contributed by atoms with Crippen LogP contribution in [0.5, 0.6) is 0 Å². The van der Waals surface area contributed by atoms with E-state index in [0.717, 1.165) is 5.75 Å². The topological polar surface area (TPSA) is 74.7 Å². The van der Waals surface area contributed by atoms with Gasteiger partial charge in [0.2, 0.25) is 10.0 Å². The maximum absolute atomic E-state index is 12.8. The average molecular weight is 329 g/mol. The lowest BCUT2D eigenvalue weighted by molar-refractivity contribution is 0.0696. The van der Waals surface area contributed by atoms with Crippen LogP contribution in [0.15, 0.2) is 17.0 Å². The van der Waals surface area contributed by atoms with Crippen LogP contribution in [0, 0.1) is 13.8 Å². The molecule has 1 unspecified atom stereocenters. The molecular weight excluding hydrogens is 310 g/mol. The van der Waals surface area contributed by atoms with E-state index in [0.29, 0.717) is 24.2 Å². The average Bonchev–Trinajstić information content (AvgIpc) is 2.41. The molecule has 0 amide bonds. The fraction of sp³-hybridized carbons (Fsp3) is 0.500. The van der Waals surface area contributed by atoms with Crippen LogP contribution in [0.4, 0.5) is 0 Å². The highest BCUT2D eigenvalue weighted by Gasteiger charge is 2.31. The van der Waals surface area contributed by atoms with Crippen LogP contribution in [0.3, 0.4) is 0 Å². The second kappa shape index (κ2) is 5.98. The number of carboxylic acid groups (broad SMARTS) is 1. The fourth-order valence-corrected chi connectivity index (χ4v) is 5.44. The number of carbonyl (C=O) groups is 1. The van der Waals surface area contributed by atoms with E-state index in [4.69, 9.17) is 5.11 Å². The molecule has 1 aliphatic heterocycles. The third kappa shape index (κ3) is 3.25. The van der Waals surface area contributed by atoms with Gasteiger partial charge in [-0.05, 0) is 37.1 Å². The van der Waals surface area contributed by atoms with Gasteiger partial charge in [-0.3, -0.25) is 0 Å². The lowest BCUT2D eigenvalue weighted by Crippen LogP contribution is -2.41. The number of sulfonamides is 1. The van der Waals surface area contributed by atoms with Crippen LogP contribution in [0.2, 0.25) is 0 Å². The summed E-state index contributed by atoms with van der Waals surface area (Å²) in [5.74, 6) is -0.353. The van der Waals surface area contributed by atoms with E-state index in [9.17, 15) is 13.2 Å².